The lowest BCUT2D eigenvalue weighted by molar-refractivity contribution is -0.133. The minimum Gasteiger partial charge on any atom is -0.457 e. The van der Waals surface area contributed by atoms with E-state index in [0.29, 0.717) is 18.7 Å². The van der Waals surface area contributed by atoms with Gasteiger partial charge in [-0.05, 0) is 44.4 Å². The number of carbonyl (C=O) groups excluding carboxylic acids is 1. The van der Waals surface area contributed by atoms with Gasteiger partial charge in [-0.3, -0.25) is 0 Å². The van der Waals surface area contributed by atoms with Crippen molar-refractivity contribution in [1.82, 2.24) is 9.29 Å². The van der Waals surface area contributed by atoms with Gasteiger partial charge in [-0.25, -0.2) is 18.2 Å². The molecule has 3 aromatic rings. The second kappa shape index (κ2) is 9.09. The van der Waals surface area contributed by atoms with Gasteiger partial charge in [0.05, 0.1) is 26.0 Å². The molecule has 2 aliphatic rings. The SMILES string of the molecule is Cc1ccc(-c2nc(C)sc2C2=C(c3ccc(S(=O)(=O)N4CCCCC4)cc3)COC2=O)cc1. The minimum atomic E-state index is -3.51. The Morgan fingerprint density at radius 1 is 0.912 bits per heavy atom. The fourth-order valence-electron chi connectivity index (χ4n) is 4.45. The topological polar surface area (TPSA) is 76.6 Å². The van der Waals surface area contributed by atoms with Crippen molar-refractivity contribution in [2.75, 3.05) is 19.7 Å². The Morgan fingerprint density at radius 2 is 1.56 bits per heavy atom. The Bertz CT molecular complexity index is 1370. The lowest BCUT2D eigenvalue weighted by Gasteiger charge is -2.25. The van der Waals surface area contributed by atoms with E-state index in [0.717, 1.165) is 57.1 Å². The standard InChI is InChI=1S/C26H26N2O4S2/c1-17-6-8-20(9-7-17)24-25(33-18(2)27-24)23-22(16-32-26(23)29)19-10-12-21(13-11-19)34(30,31)28-14-4-3-5-15-28/h6-13H,3-5,14-16H2,1-2H3. The highest BCUT2D eigenvalue weighted by molar-refractivity contribution is 7.89. The summed E-state index contributed by atoms with van der Waals surface area (Å²) in [6.07, 6.45) is 2.85. The van der Waals surface area contributed by atoms with Crippen molar-refractivity contribution in [2.45, 2.75) is 38.0 Å². The lowest BCUT2D eigenvalue weighted by Crippen LogP contribution is -2.35. The number of hydrogen-bond donors (Lipinski definition) is 0. The smallest absolute Gasteiger partial charge is 0.340 e. The third kappa shape index (κ3) is 4.21. The number of cyclic esters (lactones) is 1. The molecular weight excluding hydrogens is 468 g/mol. The van der Waals surface area contributed by atoms with Crippen LogP contribution in [0.3, 0.4) is 0 Å². The Hall–Kier alpha value is -2.81. The summed E-state index contributed by atoms with van der Waals surface area (Å²) >= 11 is 1.47. The van der Waals surface area contributed by atoms with Gasteiger partial charge in [0, 0.05) is 24.2 Å². The molecule has 1 saturated heterocycles. The van der Waals surface area contributed by atoms with Gasteiger partial charge in [-0.1, -0.05) is 48.4 Å². The highest BCUT2D eigenvalue weighted by atomic mass is 32.2. The summed E-state index contributed by atoms with van der Waals surface area (Å²) in [4.78, 5) is 18.6. The molecule has 1 fully saturated rings. The number of sulfonamides is 1. The number of rotatable bonds is 5. The normalized spacial score (nSPS) is 17.3. The number of benzene rings is 2. The van der Waals surface area contributed by atoms with Crippen molar-refractivity contribution in [3.05, 3.63) is 69.5 Å². The number of aromatic nitrogens is 1. The summed E-state index contributed by atoms with van der Waals surface area (Å²) in [6.45, 7) is 5.23. The van der Waals surface area contributed by atoms with Crippen LogP contribution in [-0.2, 0) is 19.6 Å². The van der Waals surface area contributed by atoms with Crippen LogP contribution in [0.15, 0.2) is 53.4 Å². The molecule has 3 heterocycles. The van der Waals surface area contributed by atoms with Crippen LogP contribution in [0.2, 0.25) is 0 Å². The number of thiazole rings is 1. The molecule has 2 aromatic carbocycles. The summed E-state index contributed by atoms with van der Waals surface area (Å²) in [5, 5.41) is 0.861. The van der Waals surface area contributed by atoms with Crippen LogP contribution in [0.4, 0.5) is 0 Å². The summed E-state index contributed by atoms with van der Waals surface area (Å²) in [7, 11) is -3.51. The molecule has 5 rings (SSSR count). The van der Waals surface area contributed by atoms with E-state index in [9.17, 15) is 13.2 Å². The van der Waals surface area contributed by atoms with Crippen LogP contribution in [0.5, 0.6) is 0 Å². The van der Waals surface area contributed by atoms with Crippen molar-refractivity contribution in [3.8, 4) is 11.3 Å². The molecule has 0 spiro atoms. The highest BCUT2D eigenvalue weighted by Crippen LogP contribution is 2.41. The van der Waals surface area contributed by atoms with E-state index in [1.807, 2.05) is 38.1 Å². The molecule has 6 nitrogen and oxygen atoms in total. The van der Waals surface area contributed by atoms with Crippen LogP contribution < -0.4 is 0 Å². The second-order valence-corrected chi connectivity index (χ2v) is 11.8. The lowest BCUT2D eigenvalue weighted by atomic mass is 9.98. The first-order valence-electron chi connectivity index (χ1n) is 11.4. The first kappa shape index (κ1) is 23.0. The molecule has 8 heteroatoms. The maximum atomic E-state index is 13.0. The minimum absolute atomic E-state index is 0.149. The summed E-state index contributed by atoms with van der Waals surface area (Å²) in [5.74, 6) is -0.378. The third-order valence-electron chi connectivity index (χ3n) is 6.30. The molecule has 0 bridgehead atoms. The zero-order valence-corrected chi connectivity index (χ0v) is 20.8. The second-order valence-electron chi connectivity index (χ2n) is 8.70. The van der Waals surface area contributed by atoms with E-state index in [1.165, 1.54) is 11.3 Å². The average molecular weight is 495 g/mol. The van der Waals surface area contributed by atoms with E-state index in [-0.39, 0.29) is 17.5 Å². The van der Waals surface area contributed by atoms with Crippen LogP contribution in [0.25, 0.3) is 22.4 Å². The van der Waals surface area contributed by atoms with Gasteiger partial charge in [0.2, 0.25) is 10.0 Å². The number of aryl methyl sites for hydroxylation is 2. The van der Waals surface area contributed by atoms with Gasteiger partial charge in [0.25, 0.3) is 0 Å². The molecule has 0 N–H and O–H groups in total. The van der Waals surface area contributed by atoms with Gasteiger partial charge in [-0.15, -0.1) is 11.3 Å². The number of piperidine rings is 1. The van der Waals surface area contributed by atoms with E-state index >= 15 is 0 Å². The van der Waals surface area contributed by atoms with Crippen molar-refractivity contribution >= 4 is 38.5 Å². The van der Waals surface area contributed by atoms with E-state index < -0.39 is 10.0 Å². The predicted octanol–water partition coefficient (Wildman–Crippen LogP) is 5.07. The van der Waals surface area contributed by atoms with Gasteiger partial charge in [0.1, 0.15) is 6.61 Å². The van der Waals surface area contributed by atoms with Crippen molar-refractivity contribution < 1.29 is 17.9 Å². The monoisotopic (exact) mass is 494 g/mol. The zero-order valence-electron chi connectivity index (χ0n) is 19.2. The maximum absolute atomic E-state index is 13.0. The maximum Gasteiger partial charge on any atom is 0.340 e. The Kier molecular flexibility index (Phi) is 6.14. The predicted molar refractivity (Wildman–Crippen MR) is 134 cm³/mol. The first-order chi connectivity index (χ1) is 16.3. The van der Waals surface area contributed by atoms with Crippen LogP contribution in [0.1, 0.15) is 40.3 Å². The van der Waals surface area contributed by atoms with E-state index in [4.69, 9.17) is 9.72 Å². The first-order valence-corrected chi connectivity index (χ1v) is 13.7. The molecule has 0 radical (unpaired) electrons. The highest BCUT2D eigenvalue weighted by Gasteiger charge is 2.32. The Labute approximate surface area is 204 Å². The molecule has 0 saturated carbocycles. The van der Waals surface area contributed by atoms with Gasteiger partial charge in [0.15, 0.2) is 0 Å². The molecule has 0 unspecified atom stereocenters. The molecule has 176 valence electrons. The molecule has 0 aliphatic carbocycles. The van der Waals surface area contributed by atoms with Gasteiger partial charge >= 0.3 is 5.97 Å². The number of carbonyl (C=O) groups is 1. The Morgan fingerprint density at radius 3 is 2.24 bits per heavy atom. The zero-order chi connectivity index (χ0) is 23.9. The average Bonchev–Trinajstić information content (AvgIpc) is 3.42. The van der Waals surface area contributed by atoms with Crippen LogP contribution in [0, 0.1) is 13.8 Å². The molecule has 0 atom stereocenters. The fraction of sp³-hybridized carbons (Fsp3) is 0.308. The van der Waals surface area contributed by atoms with Crippen molar-refractivity contribution in [1.29, 1.82) is 0 Å². The molecule has 2 aliphatic heterocycles. The number of esters is 1. The van der Waals surface area contributed by atoms with E-state index in [2.05, 4.69) is 0 Å². The van der Waals surface area contributed by atoms with E-state index in [1.54, 1.807) is 28.6 Å². The molecule has 1 aromatic heterocycles. The van der Waals surface area contributed by atoms with Crippen molar-refractivity contribution in [2.24, 2.45) is 0 Å². The third-order valence-corrected chi connectivity index (χ3v) is 9.20. The summed E-state index contributed by atoms with van der Waals surface area (Å²) in [6, 6.07) is 14.9. The summed E-state index contributed by atoms with van der Waals surface area (Å²) in [5.41, 5.74) is 4.89. The number of ether oxygens (including phenoxy) is 1. The Balaban J connectivity index is 1.54. The van der Waals surface area contributed by atoms with Crippen LogP contribution >= 0.6 is 11.3 Å². The number of hydrogen-bond acceptors (Lipinski definition) is 6. The fourth-order valence-corrected chi connectivity index (χ4v) is 6.97. The van der Waals surface area contributed by atoms with Gasteiger partial charge in [-0.2, -0.15) is 4.31 Å². The quantitative estimate of drug-likeness (QED) is 0.463. The summed E-state index contributed by atoms with van der Waals surface area (Å²) < 4.78 is 33.0. The molecule has 0 amide bonds. The van der Waals surface area contributed by atoms with Gasteiger partial charge < -0.3 is 4.74 Å². The number of nitrogens with zero attached hydrogens (tertiary/aromatic N) is 2. The van der Waals surface area contributed by atoms with Crippen molar-refractivity contribution in [3.63, 3.8) is 0 Å². The van der Waals surface area contributed by atoms with Crippen LogP contribution in [-0.4, -0.2) is 43.4 Å². The largest absolute Gasteiger partial charge is 0.457 e. The molecular formula is C26H26N2O4S2. The molecule has 34 heavy (non-hydrogen) atoms.